The number of piperidine rings is 1. The van der Waals surface area contributed by atoms with Crippen LogP contribution in [-0.2, 0) is 10.0 Å². The molecule has 2 fully saturated rings. The minimum absolute atomic E-state index is 0. The summed E-state index contributed by atoms with van der Waals surface area (Å²) in [6.07, 6.45) is 2.47. The molecule has 1 aromatic rings. The lowest BCUT2D eigenvalue weighted by atomic mass is 9.97. The van der Waals surface area contributed by atoms with E-state index in [1.807, 2.05) is 6.92 Å². The fourth-order valence-corrected chi connectivity index (χ4v) is 5.50. The highest BCUT2D eigenvalue weighted by atomic mass is 35.5. The van der Waals surface area contributed by atoms with Gasteiger partial charge in [-0.3, -0.25) is 0 Å². The fraction of sp³-hybridized carbons (Fsp3) is 0.786. The Bertz CT molecular complexity index is 594. The average Bonchev–Trinajstić information content (AvgIpc) is 2.96. The summed E-state index contributed by atoms with van der Waals surface area (Å²) in [5.74, 6) is 0.755. The van der Waals surface area contributed by atoms with Gasteiger partial charge in [0.1, 0.15) is 0 Å². The standard InChI is InChI=1S/C14H24N4O2S2.ClH/c1-12-16-14(11-21-12)22(19,20)18-8-6-17(7-9-18)10-13-2-4-15-5-3-13;/h11,13,15H,2-10H2,1H3;1H. The maximum absolute atomic E-state index is 12.5. The molecular weight excluding hydrogens is 356 g/mol. The quantitative estimate of drug-likeness (QED) is 0.849. The molecule has 9 heteroatoms. The normalized spacial score (nSPS) is 22.0. The Kier molecular flexibility index (Phi) is 6.82. The minimum Gasteiger partial charge on any atom is -0.317 e. The number of sulfonamides is 1. The molecule has 0 amide bonds. The van der Waals surface area contributed by atoms with E-state index in [2.05, 4.69) is 15.2 Å². The van der Waals surface area contributed by atoms with Crippen molar-refractivity contribution in [3.05, 3.63) is 10.4 Å². The molecule has 0 unspecified atom stereocenters. The topological polar surface area (TPSA) is 65.5 Å². The lowest BCUT2D eigenvalue weighted by Crippen LogP contribution is -2.50. The van der Waals surface area contributed by atoms with Crippen LogP contribution in [0.25, 0.3) is 0 Å². The Morgan fingerprint density at radius 1 is 1.26 bits per heavy atom. The van der Waals surface area contributed by atoms with Crippen LogP contribution in [0.1, 0.15) is 17.8 Å². The van der Waals surface area contributed by atoms with Gasteiger partial charge in [0.2, 0.25) is 0 Å². The van der Waals surface area contributed by atoms with E-state index in [0.717, 1.165) is 43.6 Å². The lowest BCUT2D eigenvalue weighted by molar-refractivity contribution is 0.152. The van der Waals surface area contributed by atoms with Crippen molar-refractivity contribution in [2.75, 3.05) is 45.8 Å². The maximum Gasteiger partial charge on any atom is 0.261 e. The van der Waals surface area contributed by atoms with Crippen LogP contribution in [0.4, 0.5) is 0 Å². The van der Waals surface area contributed by atoms with Crippen LogP contribution in [-0.4, -0.2) is 68.4 Å². The van der Waals surface area contributed by atoms with E-state index >= 15 is 0 Å². The SMILES string of the molecule is Cc1nc(S(=O)(=O)N2CCN(CC3CCNCC3)CC2)cs1.Cl. The number of hydrogen-bond acceptors (Lipinski definition) is 6. The van der Waals surface area contributed by atoms with Crippen molar-refractivity contribution >= 4 is 33.8 Å². The fourth-order valence-electron chi connectivity index (χ4n) is 3.18. The largest absolute Gasteiger partial charge is 0.317 e. The van der Waals surface area contributed by atoms with E-state index in [1.165, 1.54) is 24.2 Å². The summed E-state index contributed by atoms with van der Waals surface area (Å²) in [4.78, 5) is 6.55. The van der Waals surface area contributed by atoms with Crippen molar-refractivity contribution in [3.63, 3.8) is 0 Å². The van der Waals surface area contributed by atoms with Crippen molar-refractivity contribution in [1.29, 1.82) is 0 Å². The van der Waals surface area contributed by atoms with Crippen molar-refractivity contribution in [3.8, 4) is 0 Å². The molecule has 1 aromatic heterocycles. The number of piperazine rings is 1. The summed E-state index contributed by atoms with van der Waals surface area (Å²) in [5.41, 5.74) is 0. The molecule has 0 atom stereocenters. The zero-order valence-corrected chi connectivity index (χ0v) is 15.9. The summed E-state index contributed by atoms with van der Waals surface area (Å²) in [5, 5.41) is 6.04. The van der Waals surface area contributed by atoms with E-state index in [-0.39, 0.29) is 17.4 Å². The third-order valence-corrected chi connectivity index (χ3v) is 7.21. The number of nitrogens with one attached hydrogen (secondary N) is 1. The Labute approximate surface area is 148 Å². The van der Waals surface area contributed by atoms with Gasteiger partial charge in [0, 0.05) is 38.1 Å². The highest BCUT2D eigenvalue weighted by Gasteiger charge is 2.30. The monoisotopic (exact) mass is 380 g/mol. The third kappa shape index (κ3) is 4.64. The third-order valence-electron chi connectivity index (χ3n) is 4.51. The van der Waals surface area contributed by atoms with Crippen molar-refractivity contribution < 1.29 is 8.42 Å². The summed E-state index contributed by atoms with van der Waals surface area (Å²) in [6.45, 7) is 7.96. The second kappa shape index (κ2) is 8.22. The predicted molar refractivity (Wildman–Crippen MR) is 94.9 cm³/mol. The number of thiazole rings is 1. The van der Waals surface area contributed by atoms with E-state index in [4.69, 9.17) is 0 Å². The van der Waals surface area contributed by atoms with Gasteiger partial charge in [-0.2, -0.15) is 4.31 Å². The summed E-state index contributed by atoms with van der Waals surface area (Å²) >= 11 is 1.39. The van der Waals surface area contributed by atoms with Gasteiger partial charge in [-0.05, 0) is 38.8 Å². The van der Waals surface area contributed by atoms with Gasteiger partial charge in [-0.15, -0.1) is 23.7 Å². The molecule has 3 rings (SSSR count). The van der Waals surface area contributed by atoms with Crippen molar-refractivity contribution in [2.24, 2.45) is 5.92 Å². The second-order valence-corrected chi connectivity index (χ2v) is 9.05. The Hall–Kier alpha value is -0.250. The van der Waals surface area contributed by atoms with Crippen molar-refractivity contribution in [1.82, 2.24) is 19.5 Å². The van der Waals surface area contributed by atoms with Gasteiger partial charge < -0.3 is 10.2 Å². The zero-order chi connectivity index (χ0) is 15.6. The molecule has 2 aliphatic rings. The molecule has 0 bridgehead atoms. The summed E-state index contributed by atoms with van der Waals surface area (Å²) < 4.78 is 26.7. The predicted octanol–water partition coefficient (Wildman–Crippen LogP) is 1.18. The smallest absolute Gasteiger partial charge is 0.261 e. The number of halogens is 1. The van der Waals surface area contributed by atoms with Crippen LogP contribution >= 0.6 is 23.7 Å². The van der Waals surface area contributed by atoms with Crippen LogP contribution < -0.4 is 5.32 Å². The first-order chi connectivity index (χ1) is 10.6. The Morgan fingerprint density at radius 2 is 1.91 bits per heavy atom. The average molecular weight is 381 g/mol. The molecule has 0 saturated carbocycles. The Balaban J connectivity index is 0.00000192. The second-order valence-electron chi connectivity index (χ2n) is 6.10. The van der Waals surface area contributed by atoms with E-state index < -0.39 is 10.0 Å². The summed E-state index contributed by atoms with van der Waals surface area (Å²) in [6, 6.07) is 0. The highest BCUT2D eigenvalue weighted by molar-refractivity contribution is 7.89. The molecule has 0 aromatic carbocycles. The van der Waals surface area contributed by atoms with Gasteiger partial charge in [0.15, 0.2) is 5.03 Å². The summed E-state index contributed by atoms with van der Waals surface area (Å²) in [7, 11) is -3.40. The molecule has 23 heavy (non-hydrogen) atoms. The Morgan fingerprint density at radius 3 is 2.48 bits per heavy atom. The number of aromatic nitrogens is 1. The molecule has 2 aliphatic heterocycles. The first-order valence-corrected chi connectivity index (χ1v) is 10.2. The zero-order valence-electron chi connectivity index (χ0n) is 13.4. The molecule has 1 N–H and O–H groups in total. The van der Waals surface area contributed by atoms with Gasteiger partial charge in [0.25, 0.3) is 10.0 Å². The van der Waals surface area contributed by atoms with Gasteiger partial charge in [-0.1, -0.05) is 0 Å². The number of nitrogens with zero attached hydrogens (tertiary/aromatic N) is 3. The van der Waals surface area contributed by atoms with E-state index in [1.54, 1.807) is 9.69 Å². The molecule has 0 aliphatic carbocycles. The van der Waals surface area contributed by atoms with Crippen LogP contribution in [0.5, 0.6) is 0 Å². The molecule has 2 saturated heterocycles. The van der Waals surface area contributed by atoms with Gasteiger partial charge in [0.05, 0.1) is 5.01 Å². The molecule has 132 valence electrons. The van der Waals surface area contributed by atoms with Crippen LogP contribution in [0.15, 0.2) is 10.4 Å². The first kappa shape index (κ1) is 19.1. The molecular formula is C14H25ClN4O2S2. The number of rotatable bonds is 4. The maximum atomic E-state index is 12.5. The molecule has 3 heterocycles. The number of aryl methyl sites for hydroxylation is 1. The van der Waals surface area contributed by atoms with E-state index in [9.17, 15) is 8.42 Å². The number of hydrogen-bond donors (Lipinski definition) is 1. The van der Waals surface area contributed by atoms with Crippen LogP contribution in [0.3, 0.4) is 0 Å². The van der Waals surface area contributed by atoms with Crippen LogP contribution in [0, 0.1) is 12.8 Å². The molecule has 0 radical (unpaired) electrons. The molecule has 0 spiro atoms. The molecule has 6 nitrogen and oxygen atoms in total. The highest BCUT2D eigenvalue weighted by Crippen LogP contribution is 2.21. The van der Waals surface area contributed by atoms with E-state index in [0.29, 0.717) is 13.1 Å². The lowest BCUT2D eigenvalue weighted by Gasteiger charge is -2.36. The first-order valence-electron chi connectivity index (χ1n) is 7.91. The minimum atomic E-state index is -3.40. The van der Waals surface area contributed by atoms with Crippen LogP contribution in [0.2, 0.25) is 0 Å². The van der Waals surface area contributed by atoms with Gasteiger partial charge >= 0.3 is 0 Å². The van der Waals surface area contributed by atoms with Gasteiger partial charge in [-0.25, -0.2) is 13.4 Å². The van der Waals surface area contributed by atoms with Crippen molar-refractivity contribution in [2.45, 2.75) is 24.8 Å².